The summed E-state index contributed by atoms with van der Waals surface area (Å²) in [6.45, 7) is 2.46. The lowest BCUT2D eigenvalue weighted by atomic mass is 10.1. The summed E-state index contributed by atoms with van der Waals surface area (Å²) in [5, 5.41) is 2.86. The van der Waals surface area contributed by atoms with E-state index in [1.807, 2.05) is 25.1 Å². The molecule has 0 atom stereocenters. The minimum atomic E-state index is 0.124. The molecule has 0 bridgehead atoms. The third-order valence-corrected chi connectivity index (χ3v) is 2.46. The van der Waals surface area contributed by atoms with E-state index in [0.29, 0.717) is 13.0 Å². The Morgan fingerprint density at radius 3 is 2.76 bits per heavy atom. The van der Waals surface area contributed by atoms with Crippen LogP contribution in [0.15, 0.2) is 30.3 Å². The van der Waals surface area contributed by atoms with Gasteiger partial charge < -0.3 is 5.32 Å². The molecule has 0 radical (unpaired) electrons. The smallest absolute Gasteiger partial charge is 0.220 e. The molecule has 0 saturated heterocycles. The largest absolute Gasteiger partial charge is 0.355 e. The Kier molecular flexibility index (Phi) is 6.59. The summed E-state index contributed by atoms with van der Waals surface area (Å²) in [5.41, 5.74) is 1.29. The molecule has 90 valence electrons. The van der Waals surface area contributed by atoms with Gasteiger partial charge in [-0.3, -0.25) is 4.79 Å². The van der Waals surface area contributed by atoms with E-state index in [2.05, 4.69) is 29.3 Å². The average Bonchev–Trinajstić information content (AvgIpc) is 2.36. The Balaban J connectivity index is 2.09. The van der Waals surface area contributed by atoms with E-state index < -0.39 is 0 Å². The number of carbonyl (C=O) groups excluding carboxylic acids is 1. The van der Waals surface area contributed by atoms with Crippen molar-refractivity contribution in [2.45, 2.75) is 32.6 Å². The molecule has 0 aliphatic heterocycles. The molecular formula is C15H19NO. The zero-order valence-electron chi connectivity index (χ0n) is 10.3. The van der Waals surface area contributed by atoms with Crippen LogP contribution < -0.4 is 5.32 Å². The van der Waals surface area contributed by atoms with Gasteiger partial charge in [0.2, 0.25) is 5.91 Å². The molecule has 0 aliphatic rings. The van der Waals surface area contributed by atoms with Crippen LogP contribution in [0.4, 0.5) is 0 Å². The molecule has 0 spiro atoms. The van der Waals surface area contributed by atoms with Gasteiger partial charge in [0.05, 0.1) is 0 Å². The Hall–Kier alpha value is -1.75. The maximum atomic E-state index is 11.4. The standard InChI is InChI=1S/C15H19NO/c1-2-3-7-13-16-15(17)12-8-11-14-9-5-4-6-10-14/h4-6,9-10H,7-8,11-13H2,1H3,(H,16,17). The van der Waals surface area contributed by atoms with Crippen LogP contribution in [0.25, 0.3) is 0 Å². The molecular weight excluding hydrogens is 210 g/mol. The zero-order valence-corrected chi connectivity index (χ0v) is 10.3. The van der Waals surface area contributed by atoms with Crippen molar-refractivity contribution < 1.29 is 4.79 Å². The van der Waals surface area contributed by atoms with Gasteiger partial charge in [-0.1, -0.05) is 30.3 Å². The van der Waals surface area contributed by atoms with E-state index in [1.165, 1.54) is 5.56 Å². The molecule has 0 heterocycles. The van der Waals surface area contributed by atoms with Gasteiger partial charge in [-0.05, 0) is 25.3 Å². The van der Waals surface area contributed by atoms with Crippen LogP contribution in [0.3, 0.4) is 0 Å². The zero-order chi connectivity index (χ0) is 12.3. The normalized spacial score (nSPS) is 9.24. The first-order chi connectivity index (χ1) is 8.33. The Morgan fingerprint density at radius 1 is 1.29 bits per heavy atom. The van der Waals surface area contributed by atoms with Crippen LogP contribution in [0.5, 0.6) is 0 Å². The summed E-state index contributed by atoms with van der Waals surface area (Å²) in [6.07, 6.45) is 3.19. The maximum absolute atomic E-state index is 11.4. The van der Waals surface area contributed by atoms with E-state index in [0.717, 1.165) is 19.3 Å². The third kappa shape index (κ3) is 6.42. The predicted molar refractivity (Wildman–Crippen MR) is 70.5 cm³/mol. The van der Waals surface area contributed by atoms with E-state index in [-0.39, 0.29) is 5.91 Å². The first kappa shape index (κ1) is 13.3. The summed E-state index contributed by atoms with van der Waals surface area (Å²) in [5.74, 6) is 5.85. The van der Waals surface area contributed by atoms with E-state index in [4.69, 9.17) is 0 Å². The monoisotopic (exact) mass is 229 g/mol. The van der Waals surface area contributed by atoms with Crippen molar-refractivity contribution in [3.63, 3.8) is 0 Å². The third-order valence-electron chi connectivity index (χ3n) is 2.46. The van der Waals surface area contributed by atoms with Gasteiger partial charge in [0.15, 0.2) is 0 Å². The van der Waals surface area contributed by atoms with Crippen LogP contribution in [-0.4, -0.2) is 12.5 Å². The molecule has 1 N–H and O–H groups in total. The minimum Gasteiger partial charge on any atom is -0.355 e. The molecule has 1 aromatic carbocycles. The second kappa shape index (κ2) is 8.41. The van der Waals surface area contributed by atoms with E-state index in [9.17, 15) is 4.79 Å². The molecule has 0 aromatic heterocycles. The Morgan fingerprint density at radius 2 is 2.06 bits per heavy atom. The van der Waals surface area contributed by atoms with Crippen molar-refractivity contribution in [2.75, 3.05) is 6.54 Å². The Labute approximate surface area is 103 Å². The highest BCUT2D eigenvalue weighted by atomic mass is 16.1. The molecule has 1 amide bonds. The molecule has 0 unspecified atom stereocenters. The van der Waals surface area contributed by atoms with Crippen LogP contribution in [0.2, 0.25) is 0 Å². The molecule has 2 heteroatoms. The van der Waals surface area contributed by atoms with Crippen LogP contribution in [-0.2, 0) is 11.2 Å². The first-order valence-corrected chi connectivity index (χ1v) is 6.03. The van der Waals surface area contributed by atoms with Crippen LogP contribution in [0, 0.1) is 11.8 Å². The maximum Gasteiger partial charge on any atom is 0.220 e. The molecule has 0 saturated carbocycles. The second-order valence-electron chi connectivity index (χ2n) is 3.87. The predicted octanol–water partition coefficient (Wildman–Crippen LogP) is 2.54. The summed E-state index contributed by atoms with van der Waals surface area (Å²) in [6, 6.07) is 10.2. The van der Waals surface area contributed by atoms with Crippen LogP contribution >= 0.6 is 0 Å². The van der Waals surface area contributed by atoms with E-state index in [1.54, 1.807) is 0 Å². The van der Waals surface area contributed by atoms with Gasteiger partial charge in [0.25, 0.3) is 0 Å². The number of amides is 1. The molecule has 1 rings (SSSR count). The van der Waals surface area contributed by atoms with Crippen molar-refractivity contribution in [1.29, 1.82) is 0 Å². The minimum absolute atomic E-state index is 0.124. The van der Waals surface area contributed by atoms with Crippen molar-refractivity contribution in [3.05, 3.63) is 35.9 Å². The highest BCUT2D eigenvalue weighted by Crippen LogP contribution is 2.04. The van der Waals surface area contributed by atoms with Gasteiger partial charge in [-0.15, -0.1) is 11.8 Å². The first-order valence-electron chi connectivity index (χ1n) is 6.03. The van der Waals surface area contributed by atoms with Crippen molar-refractivity contribution in [1.82, 2.24) is 5.32 Å². The number of nitrogens with one attached hydrogen (secondary N) is 1. The number of benzene rings is 1. The average molecular weight is 229 g/mol. The fraction of sp³-hybridized carbons (Fsp3) is 0.400. The summed E-state index contributed by atoms with van der Waals surface area (Å²) in [7, 11) is 0. The second-order valence-corrected chi connectivity index (χ2v) is 3.87. The topological polar surface area (TPSA) is 29.1 Å². The fourth-order valence-corrected chi connectivity index (χ4v) is 1.58. The number of hydrogen-bond donors (Lipinski definition) is 1. The fourth-order valence-electron chi connectivity index (χ4n) is 1.58. The molecule has 2 nitrogen and oxygen atoms in total. The lowest BCUT2D eigenvalue weighted by Gasteiger charge is -2.03. The van der Waals surface area contributed by atoms with Crippen molar-refractivity contribution >= 4 is 5.91 Å². The van der Waals surface area contributed by atoms with E-state index >= 15 is 0 Å². The van der Waals surface area contributed by atoms with Crippen molar-refractivity contribution in [2.24, 2.45) is 0 Å². The van der Waals surface area contributed by atoms with Gasteiger partial charge in [0, 0.05) is 19.4 Å². The van der Waals surface area contributed by atoms with Gasteiger partial charge in [-0.25, -0.2) is 0 Å². The van der Waals surface area contributed by atoms with Gasteiger partial charge in [0.1, 0.15) is 0 Å². The number of aryl methyl sites for hydroxylation is 1. The Bertz CT molecular complexity index is 386. The van der Waals surface area contributed by atoms with Crippen LogP contribution in [0.1, 0.15) is 31.7 Å². The summed E-state index contributed by atoms with van der Waals surface area (Å²) >= 11 is 0. The molecule has 0 fully saturated rings. The molecule has 17 heavy (non-hydrogen) atoms. The summed E-state index contributed by atoms with van der Waals surface area (Å²) < 4.78 is 0. The van der Waals surface area contributed by atoms with Crippen molar-refractivity contribution in [3.8, 4) is 11.8 Å². The summed E-state index contributed by atoms with van der Waals surface area (Å²) in [4.78, 5) is 11.4. The SMILES string of the molecule is CC#CCCNC(=O)CCCc1ccccc1. The quantitative estimate of drug-likeness (QED) is 0.589. The molecule has 0 aliphatic carbocycles. The lowest BCUT2D eigenvalue weighted by Crippen LogP contribution is -2.23. The number of rotatable bonds is 6. The van der Waals surface area contributed by atoms with Gasteiger partial charge in [-0.2, -0.15) is 0 Å². The lowest BCUT2D eigenvalue weighted by molar-refractivity contribution is -0.121. The number of hydrogen-bond acceptors (Lipinski definition) is 1. The molecule has 1 aromatic rings. The highest BCUT2D eigenvalue weighted by molar-refractivity contribution is 5.75. The van der Waals surface area contributed by atoms with Gasteiger partial charge >= 0.3 is 0 Å². The highest BCUT2D eigenvalue weighted by Gasteiger charge is 2.00. The number of carbonyl (C=O) groups is 1.